The smallest absolute Gasteiger partial charge is 0.251 e. The quantitative estimate of drug-likeness (QED) is 0.881. The first-order valence-electron chi connectivity index (χ1n) is 9.87. The van der Waals surface area contributed by atoms with Crippen LogP contribution >= 0.6 is 0 Å². The van der Waals surface area contributed by atoms with Gasteiger partial charge in [-0.3, -0.25) is 4.79 Å². The van der Waals surface area contributed by atoms with E-state index >= 15 is 0 Å². The van der Waals surface area contributed by atoms with E-state index in [-0.39, 0.29) is 5.91 Å². The summed E-state index contributed by atoms with van der Waals surface area (Å²) in [6.07, 6.45) is 5.97. The van der Waals surface area contributed by atoms with Crippen molar-refractivity contribution < 1.29 is 4.79 Å². The van der Waals surface area contributed by atoms with Crippen molar-refractivity contribution in [2.75, 3.05) is 20.1 Å². The Bertz CT molecular complexity index is 836. The molecule has 1 aliphatic carbocycles. The third kappa shape index (κ3) is 3.05. The van der Waals surface area contributed by atoms with Gasteiger partial charge in [-0.1, -0.05) is 30.7 Å². The molecule has 2 aromatic carbocycles. The molecule has 3 heteroatoms. The minimum Gasteiger partial charge on any atom is -0.355 e. The number of fused-ring (bicyclic) bond motifs is 1. The van der Waals surface area contributed by atoms with Gasteiger partial charge in [-0.2, -0.15) is 0 Å². The van der Waals surface area contributed by atoms with Crippen LogP contribution in [0.25, 0.3) is 11.1 Å². The van der Waals surface area contributed by atoms with Gasteiger partial charge < -0.3 is 10.6 Å². The summed E-state index contributed by atoms with van der Waals surface area (Å²) in [7, 11) is 1.71. The minimum absolute atomic E-state index is 0.0163. The van der Waals surface area contributed by atoms with Crippen molar-refractivity contribution >= 4 is 5.91 Å². The SMILES string of the molecule is CNC(=O)c1ccc(-c2ccc3c(c2)CCNCC3)c(C2CCC2)c1C. The Balaban J connectivity index is 1.82. The Morgan fingerprint density at radius 3 is 2.54 bits per heavy atom. The van der Waals surface area contributed by atoms with Crippen molar-refractivity contribution in [1.29, 1.82) is 0 Å². The molecule has 1 saturated carbocycles. The Hall–Kier alpha value is -2.13. The highest BCUT2D eigenvalue weighted by Crippen LogP contribution is 2.44. The normalized spacial score (nSPS) is 17.2. The minimum atomic E-state index is 0.0163. The number of carbonyl (C=O) groups is 1. The van der Waals surface area contributed by atoms with Gasteiger partial charge in [-0.15, -0.1) is 0 Å². The second-order valence-corrected chi connectivity index (χ2v) is 7.64. The maximum absolute atomic E-state index is 12.3. The van der Waals surface area contributed by atoms with Crippen molar-refractivity contribution in [1.82, 2.24) is 10.6 Å². The topological polar surface area (TPSA) is 41.1 Å². The molecule has 3 nitrogen and oxygen atoms in total. The summed E-state index contributed by atoms with van der Waals surface area (Å²) >= 11 is 0. The fraction of sp³-hybridized carbons (Fsp3) is 0.435. The van der Waals surface area contributed by atoms with Crippen molar-refractivity contribution in [3.8, 4) is 11.1 Å². The Kier molecular flexibility index (Phi) is 4.82. The van der Waals surface area contributed by atoms with E-state index in [1.165, 1.54) is 47.1 Å². The predicted octanol–water partition coefficient (Wildman–Crippen LogP) is 3.98. The summed E-state index contributed by atoms with van der Waals surface area (Å²) in [5, 5.41) is 6.28. The molecule has 0 radical (unpaired) electrons. The zero-order valence-electron chi connectivity index (χ0n) is 15.8. The maximum Gasteiger partial charge on any atom is 0.251 e. The van der Waals surface area contributed by atoms with E-state index in [1.807, 2.05) is 6.07 Å². The van der Waals surface area contributed by atoms with Crippen LogP contribution in [0.3, 0.4) is 0 Å². The van der Waals surface area contributed by atoms with E-state index in [4.69, 9.17) is 0 Å². The summed E-state index contributed by atoms with van der Waals surface area (Å²) in [6, 6.07) is 11.1. The maximum atomic E-state index is 12.3. The molecule has 1 amide bonds. The first-order valence-corrected chi connectivity index (χ1v) is 9.87. The molecule has 0 aromatic heterocycles. The van der Waals surface area contributed by atoms with Crippen molar-refractivity contribution in [3.63, 3.8) is 0 Å². The molecule has 0 bridgehead atoms. The van der Waals surface area contributed by atoms with Crippen LogP contribution < -0.4 is 10.6 Å². The van der Waals surface area contributed by atoms with Crippen LogP contribution in [-0.2, 0) is 12.8 Å². The average Bonchev–Trinajstić information content (AvgIpc) is 2.86. The molecule has 0 saturated heterocycles. The number of hydrogen-bond donors (Lipinski definition) is 2. The van der Waals surface area contributed by atoms with E-state index in [0.717, 1.165) is 37.1 Å². The molecule has 0 atom stereocenters. The van der Waals surface area contributed by atoms with Crippen LogP contribution in [0, 0.1) is 6.92 Å². The predicted molar refractivity (Wildman–Crippen MR) is 107 cm³/mol. The molecule has 1 fully saturated rings. The molecular formula is C23H28N2O. The van der Waals surface area contributed by atoms with Gasteiger partial charge in [0.15, 0.2) is 0 Å². The Labute approximate surface area is 156 Å². The van der Waals surface area contributed by atoms with Gasteiger partial charge in [0.05, 0.1) is 0 Å². The zero-order valence-corrected chi connectivity index (χ0v) is 15.8. The van der Waals surface area contributed by atoms with Crippen LogP contribution in [0.15, 0.2) is 30.3 Å². The molecule has 136 valence electrons. The van der Waals surface area contributed by atoms with Gasteiger partial charge in [0.2, 0.25) is 0 Å². The molecule has 2 aromatic rings. The van der Waals surface area contributed by atoms with E-state index in [2.05, 4.69) is 41.8 Å². The lowest BCUT2D eigenvalue weighted by atomic mass is 9.74. The highest BCUT2D eigenvalue weighted by Gasteiger charge is 2.27. The second-order valence-electron chi connectivity index (χ2n) is 7.64. The molecule has 1 heterocycles. The van der Waals surface area contributed by atoms with Gasteiger partial charge in [-0.05, 0) is 91.1 Å². The first kappa shape index (κ1) is 17.3. The van der Waals surface area contributed by atoms with Crippen LogP contribution in [0.4, 0.5) is 0 Å². The van der Waals surface area contributed by atoms with E-state index in [0.29, 0.717) is 5.92 Å². The highest BCUT2D eigenvalue weighted by atomic mass is 16.1. The van der Waals surface area contributed by atoms with Gasteiger partial charge in [0.25, 0.3) is 5.91 Å². The number of benzene rings is 2. The Morgan fingerprint density at radius 1 is 1.08 bits per heavy atom. The fourth-order valence-electron chi connectivity index (χ4n) is 4.43. The number of hydrogen-bond acceptors (Lipinski definition) is 2. The molecule has 1 aliphatic heterocycles. The lowest BCUT2D eigenvalue weighted by molar-refractivity contribution is 0.0962. The molecule has 2 N–H and O–H groups in total. The molecule has 2 aliphatic rings. The fourth-order valence-corrected chi connectivity index (χ4v) is 4.43. The largest absolute Gasteiger partial charge is 0.355 e. The zero-order chi connectivity index (χ0) is 18.1. The molecule has 4 rings (SSSR count). The van der Waals surface area contributed by atoms with Crippen molar-refractivity contribution in [3.05, 3.63) is 58.1 Å². The van der Waals surface area contributed by atoms with Gasteiger partial charge in [0.1, 0.15) is 0 Å². The lowest BCUT2D eigenvalue weighted by Gasteiger charge is -2.30. The highest BCUT2D eigenvalue weighted by molar-refractivity contribution is 5.96. The number of amides is 1. The van der Waals surface area contributed by atoms with Crippen molar-refractivity contribution in [2.24, 2.45) is 0 Å². The van der Waals surface area contributed by atoms with Crippen LogP contribution in [-0.4, -0.2) is 26.0 Å². The summed E-state index contributed by atoms with van der Waals surface area (Å²) in [5.41, 5.74) is 8.94. The molecule has 0 unspecified atom stereocenters. The first-order chi connectivity index (χ1) is 12.7. The number of nitrogens with one attached hydrogen (secondary N) is 2. The average molecular weight is 348 g/mol. The summed E-state index contributed by atoms with van der Waals surface area (Å²) in [5.74, 6) is 0.609. The summed E-state index contributed by atoms with van der Waals surface area (Å²) < 4.78 is 0. The van der Waals surface area contributed by atoms with Crippen molar-refractivity contribution in [2.45, 2.75) is 44.9 Å². The third-order valence-corrected chi connectivity index (χ3v) is 6.16. The van der Waals surface area contributed by atoms with Gasteiger partial charge >= 0.3 is 0 Å². The number of carbonyl (C=O) groups excluding carboxylic acids is 1. The lowest BCUT2D eigenvalue weighted by Crippen LogP contribution is -2.21. The van der Waals surface area contributed by atoms with E-state index in [9.17, 15) is 4.79 Å². The molecule has 26 heavy (non-hydrogen) atoms. The van der Waals surface area contributed by atoms with Gasteiger partial charge in [0, 0.05) is 12.6 Å². The summed E-state index contributed by atoms with van der Waals surface area (Å²) in [6.45, 7) is 4.25. The van der Waals surface area contributed by atoms with E-state index in [1.54, 1.807) is 7.05 Å². The molecular weight excluding hydrogens is 320 g/mol. The third-order valence-electron chi connectivity index (χ3n) is 6.16. The Morgan fingerprint density at radius 2 is 1.85 bits per heavy atom. The molecule has 0 spiro atoms. The van der Waals surface area contributed by atoms with Gasteiger partial charge in [-0.25, -0.2) is 0 Å². The standard InChI is InChI=1S/C23H28N2O/c1-15-20(23(26)24-2)8-9-21(22(15)17-4-3-5-17)19-7-6-16-10-12-25-13-11-18(16)14-19/h6-9,14,17,25H,3-5,10-13H2,1-2H3,(H,24,26). The van der Waals surface area contributed by atoms with E-state index < -0.39 is 0 Å². The van der Waals surface area contributed by atoms with Crippen LogP contribution in [0.2, 0.25) is 0 Å². The summed E-state index contributed by atoms with van der Waals surface area (Å²) in [4.78, 5) is 12.3. The second kappa shape index (κ2) is 7.24. The van der Waals surface area contributed by atoms with Crippen LogP contribution in [0.1, 0.15) is 57.8 Å². The monoisotopic (exact) mass is 348 g/mol. The number of rotatable bonds is 3. The van der Waals surface area contributed by atoms with Crippen LogP contribution in [0.5, 0.6) is 0 Å².